The quantitative estimate of drug-likeness (QED) is 0.314. The normalized spacial score (nSPS) is 15.8. The first kappa shape index (κ1) is 24.1. The number of aryl methyl sites for hydroxylation is 1. The number of aliphatic imine (C=N–C) groups is 1. The van der Waals surface area contributed by atoms with Crippen LogP contribution in [0.5, 0.6) is 0 Å². The first-order valence-electron chi connectivity index (χ1n) is 9.91. The van der Waals surface area contributed by atoms with Gasteiger partial charge in [-0.1, -0.05) is 28.1 Å². The molecule has 1 aromatic carbocycles. The second kappa shape index (κ2) is 11.8. The molecule has 0 bridgehead atoms. The van der Waals surface area contributed by atoms with Crippen LogP contribution in [0.4, 0.5) is 0 Å². The standard InChI is InChI=1S/C20H30BrN7.HI/c1-4-22-20(23-13-19-26-25-15(2)27(19)3)24-18-9-11-28(12-10-18)14-16-5-7-17(21)8-6-16;/h5-8,18H,4,9-14H2,1-3H3,(H2,22,23,24);1H. The molecule has 0 atom stereocenters. The van der Waals surface area contributed by atoms with Crippen LogP contribution in [0.3, 0.4) is 0 Å². The fourth-order valence-electron chi connectivity index (χ4n) is 3.34. The Bertz CT molecular complexity index is 783. The number of rotatable bonds is 6. The monoisotopic (exact) mass is 575 g/mol. The number of piperidine rings is 1. The van der Waals surface area contributed by atoms with Gasteiger partial charge in [-0.2, -0.15) is 0 Å². The minimum Gasteiger partial charge on any atom is -0.357 e. The summed E-state index contributed by atoms with van der Waals surface area (Å²) >= 11 is 3.50. The molecule has 1 saturated heterocycles. The van der Waals surface area contributed by atoms with Crippen LogP contribution < -0.4 is 10.6 Å². The maximum atomic E-state index is 4.70. The van der Waals surface area contributed by atoms with Crippen molar-refractivity contribution in [3.05, 3.63) is 46.0 Å². The molecule has 160 valence electrons. The second-order valence-corrected chi connectivity index (χ2v) is 8.15. The van der Waals surface area contributed by atoms with Crippen molar-refractivity contribution in [3.63, 3.8) is 0 Å². The Kier molecular flexibility index (Phi) is 9.84. The highest BCUT2D eigenvalue weighted by Gasteiger charge is 2.20. The van der Waals surface area contributed by atoms with E-state index in [9.17, 15) is 0 Å². The Labute approximate surface area is 198 Å². The largest absolute Gasteiger partial charge is 0.357 e. The Balaban J connectivity index is 0.00000300. The Morgan fingerprint density at radius 2 is 1.90 bits per heavy atom. The molecule has 9 heteroatoms. The van der Waals surface area contributed by atoms with Crippen LogP contribution in [0.25, 0.3) is 0 Å². The summed E-state index contributed by atoms with van der Waals surface area (Å²) in [5.74, 6) is 2.63. The van der Waals surface area contributed by atoms with Crippen LogP contribution in [0, 0.1) is 6.92 Å². The van der Waals surface area contributed by atoms with Crippen molar-refractivity contribution in [2.24, 2.45) is 12.0 Å². The number of likely N-dealkylation sites (tertiary alicyclic amines) is 1. The average molecular weight is 576 g/mol. The first-order valence-corrected chi connectivity index (χ1v) is 10.7. The van der Waals surface area contributed by atoms with Gasteiger partial charge < -0.3 is 15.2 Å². The fraction of sp³-hybridized carbons (Fsp3) is 0.550. The minimum atomic E-state index is 0. The van der Waals surface area contributed by atoms with Gasteiger partial charge in [-0.25, -0.2) is 4.99 Å². The highest BCUT2D eigenvalue weighted by atomic mass is 127. The molecule has 2 N–H and O–H groups in total. The number of benzene rings is 1. The topological polar surface area (TPSA) is 70.4 Å². The SMILES string of the molecule is CCNC(=NCc1nnc(C)n1C)NC1CCN(Cc2ccc(Br)cc2)CC1.I. The van der Waals surface area contributed by atoms with Crippen molar-refractivity contribution in [1.29, 1.82) is 0 Å². The zero-order chi connectivity index (χ0) is 19.9. The summed E-state index contributed by atoms with van der Waals surface area (Å²) in [5.41, 5.74) is 1.36. The summed E-state index contributed by atoms with van der Waals surface area (Å²) in [6.45, 7) is 8.60. The summed E-state index contributed by atoms with van der Waals surface area (Å²) in [6.07, 6.45) is 2.23. The number of aromatic nitrogens is 3. The summed E-state index contributed by atoms with van der Waals surface area (Å²) in [7, 11) is 1.97. The number of hydrogen-bond donors (Lipinski definition) is 2. The lowest BCUT2D eigenvalue weighted by molar-refractivity contribution is 0.198. The molecular weight excluding hydrogens is 545 g/mol. The molecule has 3 rings (SSSR count). The van der Waals surface area contributed by atoms with E-state index >= 15 is 0 Å². The van der Waals surface area contributed by atoms with E-state index in [0.29, 0.717) is 12.6 Å². The van der Waals surface area contributed by atoms with Crippen LogP contribution in [0.1, 0.15) is 37.0 Å². The van der Waals surface area contributed by atoms with Gasteiger partial charge in [0.25, 0.3) is 0 Å². The highest BCUT2D eigenvalue weighted by molar-refractivity contribution is 14.0. The van der Waals surface area contributed by atoms with E-state index in [0.717, 1.165) is 61.1 Å². The molecule has 29 heavy (non-hydrogen) atoms. The Morgan fingerprint density at radius 3 is 2.48 bits per heavy atom. The maximum absolute atomic E-state index is 4.70. The number of nitrogens with zero attached hydrogens (tertiary/aromatic N) is 5. The van der Waals surface area contributed by atoms with Gasteiger partial charge in [0.2, 0.25) is 0 Å². The third-order valence-electron chi connectivity index (χ3n) is 5.15. The van der Waals surface area contributed by atoms with Gasteiger partial charge in [0.1, 0.15) is 12.4 Å². The lowest BCUT2D eigenvalue weighted by Crippen LogP contribution is -2.48. The van der Waals surface area contributed by atoms with Gasteiger partial charge in [-0.05, 0) is 44.4 Å². The molecule has 0 unspecified atom stereocenters. The molecule has 2 aromatic rings. The second-order valence-electron chi connectivity index (χ2n) is 7.24. The van der Waals surface area contributed by atoms with E-state index in [4.69, 9.17) is 4.99 Å². The van der Waals surface area contributed by atoms with Crippen LogP contribution in [0.2, 0.25) is 0 Å². The minimum absolute atomic E-state index is 0. The van der Waals surface area contributed by atoms with Gasteiger partial charge >= 0.3 is 0 Å². The molecule has 0 saturated carbocycles. The van der Waals surface area contributed by atoms with E-state index in [2.05, 4.69) is 72.8 Å². The molecule has 1 aliphatic rings. The van der Waals surface area contributed by atoms with Crippen molar-refractivity contribution < 1.29 is 0 Å². The summed E-state index contributed by atoms with van der Waals surface area (Å²) in [4.78, 5) is 7.22. The third kappa shape index (κ3) is 7.21. The molecule has 1 aliphatic heterocycles. The van der Waals surface area contributed by atoms with E-state index in [-0.39, 0.29) is 24.0 Å². The molecule has 0 spiro atoms. The van der Waals surface area contributed by atoms with E-state index in [1.165, 1.54) is 5.56 Å². The average Bonchev–Trinajstić information content (AvgIpc) is 3.01. The van der Waals surface area contributed by atoms with Crippen molar-refractivity contribution in [1.82, 2.24) is 30.3 Å². The van der Waals surface area contributed by atoms with Crippen molar-refractivity contribution in [2.75, 3.05) is 19.6 Å². The molecule has 0 aliphatic carbocycles. The van der Waals surface area contributed by atoms with E-state index in [1.54, 1.807) is 0 Å². The zero-order valence-corrected chi connectivity index (χ0v) is 21.3. The zero-order valence-electron chi connectivity index (χ0n) is 17.4. The van der Waals surface area contributed by atoms with Crippen LogP contribution in [-0.2, 0) is 20.1 Å². The van der Waals surface area contributed by atoms with Gasteiger partial charge in [-0.15, -0.1) is 34.2 Å². The van der Waals surface area contributed by atoms with Crippen LogP contribution in [-0.4, -0.2) is 51.3 Å². The lowest BCUT2D eigenvalue weighted by Gasteiger charge is -2.33. The fourth-order valence-corrected chi connectivity index (χ4v) is 3.60. The van der Waals surface area contributed by atoms with Gasteiger partial charge in [0.15, 0.2) is 11.8 Å². The van der Waals surface area contributed by atoms with Crippen molar-refractivity contribution in [3.8, 4) is 0 Å². The Morgan fingerprint density at radius 1 is 1.21 bits per heavy atom. The van der Waals surface area contributed by atoms with Crippen LogP contribution >= 0.6 is 39.9 Å². The molecule has 7 nitrogen and oxygen atoms in total. The summed E-state index contributed by atoms with van der Waals surface area (Å²) in [5, 5.41) is 15.2. The number of hydrogen-bond acceptors (Lipinski definition) is 4. The maximum Gasteiger partial charge on any atom is 0.191 e. The number of halogens is 2. The van der Waals surface area contributed by atoms with Gasteiger partial charge in [0, 0.05) is 43.7 Å². The lowest BCUT2D eigenvalue weighted by atomic mass is 10.0. The predicted octanol–water partition coefficient (Wildman–Crippen LogP) is 3.22. The molecule has 2 heterocycles. The predicted molar refractivity (Wildman–Crippen MR) is 132 cm³/mol. The third-order valence-corrected chi connectivity index (χ3v) is 5.68. The number of nitrogens with one attached hydrogen (secondary N) is 2. The summed E-state index contributed by atoms with van der Waals surface area (Å²) < 4.78 is 3.11. The van der Waals surface area contributed by atoms with E-state index < -0.39 is 0 Å². The molecule has 1 fully saturated rings. The molecule has 1 aromatic heterocycles. The van der Waals surface area contributed by atoms with E-state index in [1.807, 2.05) is 18.5 Å². The Hall–Kier alpha value is -1.20. The number of guanidine groups is 1. The van der Waals surface area contributed by atoms with Crippen LogP contribution in [0.15, 0.2) is 33.7 Å². The molecule has 0 amide bonds. The first-order chi connectivity index (χ1) is 13.5. The van der Waals surface area contributed by atoms with Gasteiger partial charge in [-0.3, -0.25) is 4.90 Å². The highest BCUT2D eigenvalue weighted by Crippen LogP contribution is 2.16. The summed E-state index contributed by atoms with van der Waals surface area (Å²) in [6, 6.07) is 9.06. The van der Waals surface area contributed by atoms with Crippen molar-refractivity contribution >= 4 is 45.9 Å². The van der Waals surface area contributed by atoms with Gasteiger partial charge in [0.05, 0.1) is 0 Å². The smallest absolute Gasteiger partial charge is 0.191 e. The molecule has 0 radical (unpaired) electrons. The molecular formula is C20H31BrIN7. The van der Waals surface area contributed by atoms with Crippen molar-refractivity contribution in [2.45, 2.75) is 45.8 Å².